The molecule has 2 rings (SSSR count). The fraction of sp³-hybridized carbons (Fsp3) is 0.938. The van der Waals surface area contributed by atoms with Gasteiger partial charge in [-0.15, -0.1) is 0 Å². The van der Waals surface area contributed by atoms with Gasteiger partial charge in [0.05, 0.1) is 31.8 Å². The summed E-state index contributed by atoms with van der Waals surface area (Å²) in [6.07, 6.45) is 4.39. The van der Waals surface area contributed by atoms with Gasteiger partial charge in [-0.3, -0.25) is 24.3 Å². The molecule has 2 aliphatic rings. The van der Waals surface area contributed by atoms with Gasteiger partial charge in [0.1, 0.15) is 6.61 Å². The van der Waals surface area contributed by atoms with Crippen LogP contribution in [0.25, 0.3) is 0 Å². The average molecular weight is 618 g/mol. The van der Waals surface area contributed by atoms with Gasteiger partial charge in [0.2, 0.25) is 11.8 Å². The second-order valence-electron chi connectivity index (χ2n) is 13.8. The van der Waals surface area contributed by atoms with E-state index in [9.17, 15) is 18.4 Å². The van der Waals surface area contributed by atoms with Crippen molar-refractivity contribution in [3.05, 3.63) is 0 Å². The summed E-state index contributed by atoms with van der Waals surface area (Å²) < 4.78 is 41.3. The minimum atomic E-state index is -2.94. The maximum atomic E-state index is 14.9. The Kier molecular flexibility index (Phi) is 16.3. The second-order valence-corrected chi connectivity index (χ2v) is 13.8. The number of nitrogens with zero attached hydrogens (tertiary/aromatic N) is 3. The fourth-order valence-electron chi connectivity index (χ4n) is 6.23. The van der Waals surface area contributed by atoms with Crippen molar-refractivity contribution in [2.75, 3.05) is 59.0 Å². The lowest BCUT2D eigenvalue weighted by Gasteiger charge is -2.45. The lowest BCUT2D eigenvalue weighted by atomic mass is 10.0. The molecule has 0 aromatic carbocycles. The predicted molar refractivity (Wildman–Crippen MR) is 167 cm³/mol. The summed E-state index contributed by atoms with van der Waals surface area (Å²) in [6, 6.07) is 0.264. The zero-order valence-corrected chi connectivity index (χ0v) is 28.2. The van der Waals surface area contributed by atoms with Crippen molar-refractivity contribution in [2.24, 2.45) is 5.92 Å². The molecule has 0 spiro atoms. The van der Waals surface area contributed by atoms with E-state index in [1.165, 1.54) is 0 Å². The number of piperazine rings is 1. The van der Waals surface area contributed by atoms with Crippen molar-refractivity contribution in [3.8, 4) is 0 Å². The van der Waals surface area contributed by atoms with Crippen LogP contribution in [0.1, 0.15) is 87.5 Å². The van der Waals surface area contributed by atoms with E-state index < -0.39 is 12.5 Å². The highest BCUT2D eigenvalue weighted by atomic mass is 19.3. The van der Waals surface area contributed by atoms with Crippen molar-refractivity contribution in [1.82, 2.24) is 25.3 Å². The second kappa shape index (κ2) is 18.5. The highest BCUT2D eigenvalue weighted by Crippen LogP contribution is 2.23. The standard InChI is InChI=1S/C32H61F2N5O4/c1-23(2)35-30(40)19-37-14-13-29(18-37)10-9-15-42-27(7)11-12-28(8)43-22-32(33,34)21-38-16-25(5)39(26(6)17-38)20-31(41)36-24(3)4/h23-29H,9-22H2,1-8H3,(H,35,40)(H,36,41)/t25-,26+,27?,28?,29-/m1/s1. The minimum Gasteiger partial charge on any atom is -0.379 e. The summed E-state index contributed by atoms with van der Waals surface area (Å²) in [6.45, 7) is 19.1. The summed E-state index contributed by atoms with van der Waals surface area (Å²) >= 11 is 0. The predicted octanol–water partition coefficient (Wildman–Crippen LogP) is 3.76. The van der Waals surface area contributed by atoms with Crippen LogP contribution in [-0.4, -0.2) is 128 Å². The molecule has 11 heteroatoms. The molecule has 5 atom stereocenters. The van der Waals surface area contributed by atoms with Crippen molar-refractivity contribution >= 4 is 11.8 Å². The van der Waals surface area contributed by atoms with Gasteiger partial charge in [-0.05, 0) is 100.0 Å². The quantitative estimate of drug-likeness (QED) is 0.214. The molecule has 43 heavy (non-hydrogen) atoms. The van der Waals surface area contributed by atoms with Gasteiger partial charge in [-0.2, -0.15) is 0 Å². The van der Waals surface area contributed by atoms with E-state index in [2.05, 4.69) is 20.4 Å². The molecule has 2 heterocycles. The Morgan fingerprint density at radius 3 is 1.98 bits per heavy atom. The van der Waals surface area contributed by atoms with E-state index in [4.69, 9.17) is 9.47 Å². The zero-order chi connectivity index (χ0) is 32.2. The molecular formula is C32H61F2N5O4. The summed E-state index contributed by atoms with van der Waals surface area (Å²) in [4.78, 5) is 30.3. The van der Waals surface area contributed by atoms with Gasteiger partial charge in [0.15, 0.2) is 0 Å². The van der Waals surface area contributed by atoms with Gasteiger partial charge in [-0.1, -0.05) is 0 Å². The smallest absolute Gasteiger partial charge is 0.283 e. The first kappa shape index (κ1) is 37.8. The molecule has 0 radical (unpaired) electrons. The highest BCUT2D eigenvalue weighted by molar-refractivity contribution is 5.78. The Labute approximate surface area is 259 Å². The number of halogens is 2. The molecule has 9 nitrogen and oxygen atoms in total. The Morgan fingerprint density at radius 1 is 0.837 bits per heavy atom. The Bertz CT molecular complexity index is 822. The molecule has 2 N–H and O–H groups in total. The first-order valence-electron chi connectivity index (χ1n) is 16.5. The van der Waals surface area contributed by atoms with Crippen molar-refractivity contribution in [1.29, 1.82) is 0 Å². The molecular weight excluding hydrogens is 556 g/mol. The molecule has 0 bridgehead atoms. The van der Waals surface area contributed by atoms with Gasteiger partial charge >= 0.3 is 0 Å². The molecule has 2 saturated heterocycles. The molecule has 0 aliphatic carbocycles. The number of likely N-dealkylation sites (tertiary alicyclic amines) is 1. The Balaban J connectivity index is 1.58. The lowest BCUT2D eigenvalue weighted by Crippen LogP contribution is -2.60. The fourth-order valence-corrected chi connectivity index (χ4v) is 6.23. The van der Waals surface area contributed by atoms with E-state index in [1.807, 2.05) is 55.4 Å². The third-order valence-electron chi connectivity index (χ3n) is 8.31. The minimum absolute atomic E-state index is 0.00873. The number of rotatable bonds is 19. The molecule has 2 aliphatic heterocycles. The van der Waals surface area contributed by atoms with Crippen LogP contribution in [-0.2, 0) is 19.1 Å². The van der Waals surface area contributed by atoms with E-state index in [1.54, 1.807) is 4.90 Å². The van der Waals surface area contributed by atoms with Crippen LogP contribution in [0.3, 0.4) is 0 Å². The van der Waals surface area contributed by atoms with Crippen molar-refractivity contribution < 1.29 is 27.8 Å². The van der Waals surface area contributed by atoms with Crippen LogP contribution in [0.2, 0.25) is 0 Å². The number of ether oxygens (including phenoxy) is 2. The SMILES string of the molecule is CC(C)NC(=O)CN1CC[C@@H](CCCOC(C)CCC(C)OCC(F)(F)CN2C[C@@H](C)N(CC(=O)NC(C)C)[C@@H](C)C2)C1. The molecule has 2 fully saturated rings. The molecule has 2 unspecified atom stereocenters. The maximum Gasteiger partial charge on any atom is 0.283 e. The summed E-state index contributed by atoms with van der Waals surface area (Å²) in [5, 5.41) is 5.86. The lowest BCUT2D eigenvalue weighted by molar-refractivity contribution is -0.130. The van der Waals surface area contributed by atoms with Crippen LogP contribution in [0.5, 0.6) is 0 Å². The first-order valence-corrected chi connectivity index (χ1v) is 16.5. The maximum absolute atomic E-state index is 14.9. The van der Waals surface area contributed by atoms with Crippen molar-refractivity contribution in [3.63, 3.8) is 0 Å². The number of carbonyl (C=O) groups excluding carboxylic acids is 2. The largest absolute Gasteiger partial charge is 0.379 e. The third kappa shape index (κ3) is 15.4. The van der Waals surface area contributed by atoms with Gasteiger partial charge < -0.3 is 20.1 Å². The molecule has 252 valence electrons. The van der Waals surface area contributed by atoms with E-state index in [0.29, 0.717) is 38.6 Å². The molecule has 0 aromatic heterocycles. The molecule has 0 saturated carbocycles. The van der Waals surface area contributed by atoms with Crippen LogP contribution in [0, 0.1) is 5.92 Å². The Morgan fingerprint density at radius 2 is 1.40 bits per heavy atom. The zero-order valence-electron chi connectivity index (χ0n) is 28.2. The van der Waals surface area contributed by atoms with Gasteiger partial charge in [0, 0.05) is 50.4 Å². The number of alkyl halides is 2. The molecule has 2 amide bonds. The van der Waals surface area contributed by atoms with E-state index in [0.717, 1.165) is 38.8 Å². The van der Waals surface area contributed by atoms with E-state index in [-0.39, 0.29) is 61.3 Å². The number of carbonyl (C=O) groups is 2. The van der Waals surface area contributed by atoms with Crippen molar-refractivity contribution in [2.45, 2.75) is 130 Å². The van der Waals surface area contributed by atoms with Gasteiger partial charge in [-0.25, -0.2) is 8.78 Å². The van der Waals surface area contributed by atoms with E-state index >= 15 is 0 Å². The summed E-state index contributed by atoms with van der Waals surface area (Å²) in [5.74, 6) is -2.28. The topological polar surface area (TPSA) is 86.4 Å². The van der Waals surface area contributed by atoms with Crippen LogP contribution in [0.15, 0.2) is 0 Å². The van der Waals surface area contributed by atoms with Gasteiger partial charge in [0.25, 0.3) is 5.92 Å². The molecule has 0 aromatic rings. The number of amides is 2. The first-order chi connectivity index (χ1) is 20.1. The average Bonchev–Trinajstić information content (AvgIpc) is 3.32. The Hall–Kier alpha value is -1.40. The summed E-state index contributed by atoms with van der Waals surface area (Å²) in [5.41, 5.74) is 0. The number of nitrogens with one attached hydrogen (secondary N) is 2. The normalized spacial score (nSPS) is 24.0. The van der Waals surface area contributed by atoms with Crippen LogP contribution >= 0.6 is 0 Å². The third-order valence-corrected chi connectivity index (χ3v) is 8.31. The summed E-state index contributed by atoms with van der Waals surface area (Å²) in [7, 11) is 0. The van der Waals surface area contributed by atoms with Crippen LogP contribution < -0.4 is 10.6 Å². The monoisotopic (exact) mass is 617 g/mol. The number of hydrogen-bond acceptors (Lipinski definition) is 7. The highest BCUT2D eigenvalue weighted by Gasteiger charge is 2.38. The van der Waals surface area contributed by atoms with Crippen LogP contribution in [0.4, 0.5) is 8.78 Å². The number of hydrogen-bond donors (Lipinski definition) is 2.